The molecule has 84 valence electrons. The molecular weight excluding hydrogens is 204 g/mol. The quantitative estimate of drug-likeness (QED) is 0.768. The van der Waals surface area contributed by atoms with Gasteiger partial charge < -0.3 is 10.2 Å². The van der Waals surface area contributed by atoms with Crippen LogP contribution in [0.1, 0.15) is 19.3 Å². The Labute approximate surface area is 94.3 Å². The standard InChI is InChI=1S/C12H14N2O2/c15-12-11(8-4-5-9-13-12)14-16-10-6-2-1-3-7-10/h1-3,6-7H,4-5,8-9H2,(H,13,15)/b14-11-. The maximum absolute atomic E-state index is 11.5. The Morgan fingerprint density at radius 2 is 2.00 bits per heavy atom. The molecule has 2 rings (SSSR count). The third-order valence-corrected chi connectivity index (χ3v) is 2.39. The van der Waals surface area contributed by atoms with Crippen LogP contribution in [-0.4, -0.2) is 18.2 Å². The van der Waals surface area contributed by atoms with Gasteiger partial charge in [0.05, 0.1) is 0 Å². The first kappa shape index (κ1) is 10.7. The van der Waals surface area contributed by atoms with Crippen LogP contribution in [0.4, 0.5) is 0 Å². The first-order chi connectivity index (χ1) is 7.86. The smallest absolute Gasteiger partial charge is 0.269 e. The van der Waals surface area contributed by atoms with Crippen LogP contribution in [0.3, 0.4) is 0 Å². The summed E-state index contributed by atoms with van der Waals surface area (Å²) in [5, 5.41) is 6.68. The van der Waals surface area contributed by atoms with Crippen LogP contribution < -0.4 is 10.2 Å². The van der Waals surface area contributed by atoms with Gasteiger partial charge in [-0.1, -0.05) is 23.4 Å². The van der Waals surface area contributed by atoms with Gasteiger partial charge in [-0.15, -0.1) is 0 Å². The van der Waals surface area contributed by atoms with E-state index in [4.69, 9.17) is 4.84 Å². The Morgan fingerprint density at radius 3 is 2.81 bits per heavy atom. The van der Waals surface area contributed by atoms with E-state index in [-0.39, 0.29) is 5.91 Å². The molecule has 0 saturated carbocycles. The Kier molecular flexibility index (Phi) is 3.53. The number of para-hydroxylation sites is 1. The molecule has 16 heavy (non-hydrogen) atoms. The first-order valence-corrected chi connectivity index (χ1v) is 5.43. The maximum Gasteiger partial charge on any atom is 0.269 e. The van der Waals surface area contributed by atoms with Crippen molar-refractivity contribution < 1.29 is 9.63 Å². The molecule has 1 saturated heterocycles. The van der Waals surface area contributed by atoms with E-state index < -0.39 is 0 Å². The lowest BCUT2D eigenvalue weighted by Crippen LogP contribution is -2.29. The van der Waals surface area contributed by atoms with Gasteiger partial charge in [0.15, 0.2) is 5.75 Å². The average Bonchev–Trinajstić information content (AvgIpc) is 2.53. The lowest BCUT2D eigenvalue weighted by atomic mass is 10.2. The highest BCUT2D eigenvalue weighted by atomic mass is 16.6. The monoisotopic (exact) mass is 218 g/mol. The maximum atomic E-state index is 11.5. The minimum absolute atomic E-state index is 0.117. The van der Waals surface area contributed by atoms with Gasteiger partial charge in [-0.3, -0.25) is 4.79 Å². The summed E-state index contributed by atoms with van der Waals surface area (Å²) < 4.78 is 0. The highest BCUT2D eigenvalue weighted by molar-refractivity contribution is 6.38. The van der Waals surface area contributed by atoms with E-state index in [1.165, 1.54) is 0 Å². The van der Waals surface area contributed by atoms with Crippen LogP contribution in [0.5, 0.6) is 5.75 Å². The average molecular weight is 218 g/mol. The van der Waals surface area contributed by atoms with Gasteiger partial charge in [-0.05, 0) is 31.4 Å². The summed E-state index contributed by atoms with van der Waals surface area (Å²) in [4.78, 5) is 16.7. The molecule has 0 unspecified atom stereocenters. The lowest BCUT2D eigenvalue weighted by Gasteiger charge is -2.02. The van der Waals surface area contributed by atoms with Crippen molar-refractivity contribution in [2.75, 3.05) is 6.54 Å². The van der Waals surface area contributed by atoms with E-state index in [2.05, 4.69) is 10.5 Å². The van der Waals surface area contributed by atoms with Crippen molar-refractivity contribution in [1.82, 2.24) is 5.32 Å². The Bertz CT molecular complexity index is 387. The molecule has 1 heterocycles. The fourth-order valence-electron chi connectivity index (χ4n) is 1.51. The zero-order valence-corrected chi connectivity index (χ0v) is 8.98. The number of oxime groups is 1. The van der Waals surface area contributed by atoms with E-state index in [0.29, 0.717) is 17.9 Å². The SMILES string of the molecule is O=C1NCCCC/C1=N/Oc1ccccc1. The molecule has 1 N–H and O–H groups in total. The topological polar surface area (TPSA) is 50.7 Å². The molecule has 1 aromatic rings. The fraction of sp³-hybridized carbons (Fsp3) is 0.333. The number of benzene rings is 1. The van der Waals surface area contributed by atoms with Crippen LogP contribution in [0.25, 0.3) is 0 Å². The number of amides is 1. The third kappa shape index (κ3) is 2.82. The second-order valence-corrected chi connectivity index (χ2v) is 3.66. The lowest BCUT2D eigenvalue weighted by molar-refractivity contribution is -0.114. The van der Waals surface area contributed by atoms with Gasteiger partial charge >= 0.3 is 0 Å². The first-order valence-electron chi connectivity index (χ1n) is 5.43. The van der Waals surface area contributed by atoms with Crippen molar-refractivity contribution in [2.45, 2.75) is 19.3 Å². The summed E-state index contributed by atoms with van der Waals surface area (Å²) in [5.41, 5.74) is 0.473. The number of hydrogen-bond acceptors (Lipinski definition) is 3. The van der Waals surface area contributed by atoms with Crippen molar-refractivity contribution in [3.63, 3.8) is 0 Å². The molecule has 0 atom stereocenters. The van der Waals surface area contributed by atoms with Crippen LogP contribution >= 0.6 is 0 Å². The van der Waals surface area contributed by atoms with Crippen molar-refractivity contribution in [1.29, 1.82) is 0 Å². The molecule has 1 aliphatic heterocycles. The predicted molar refractivity (Wildman–Crippen MR) is 61.4 cm³/mol. The van der Waals surface area contributed by atoms with Crippen LogP contribution in [0.15, 0.2) is 35.5 Å². The normalized spacial score (nSPS) is 19.0. The van der Waals surface area contributed by atoms with Gasteiger partial charge in [-0.2, -0.15) is 0 Å². The number of nitrogens with zero attached hydrogens (tertiary/aromatic N) is 1. The van der Waals surface area contributed by atoms with Crippen molar-refractivity contribution >= 4 is 11.6 Å². The van der Waals surface area contributed by atoms with Gasteiger partial charge in [0.2, 0.25) is 0 Å². The molecule has 0 radical (unpaired) electrons. The molecule has 1 amide bonds. The van der Waals surface area contributed by atoms with Gasteiger partial charge in [0.25, 0.3) is 5.91 Å². The largest absolute Gasteiger partial charge is 0.357 e. The fourth-order valence-corrected chi connectivity index (χ4v) is 1.51. The van der Waals surface area contributed by atoms with E-state index in [1.807, 2.05) is 18.2 Å². The summed E-state index contributed by atoms with van der Waals surface area (Å²) in [7, 11) is 0. The van der Waals surface area contributed by atoms with Gasteiger partial charge in [0, 0.05) is 6.54 Å². The highest BCUT2D eigenvalue weighted by Crippen LogP contribution is 2.10. The zero-order chi connectivity index (χ0) is 11.2. The number of nitrogens with one attached hydrogen (secondary N) is 1. The number of carbonyl (C=O) groups excluding carboxylic acids is 1. The van der Waals surface area contributed by atoms with Crippen molar-refractivity contribution in [2.24, 2.45) is 5.16 Å². The molecule has 4 nitrogen and oxygen atoms in total. The van der Waals surface area contributed by atoms with Gasteiger partial charge in [0.1, 0.15) is 5.71 Å². The molecule has 0 aromatic heterocycles. The second kappa shape index (κ2) is 5.30. The minimum atomic E-state index is -0.117. The van der Waals surface area contributed by atoms with Crippen molar-refractivity contribution in [3.8, 4) is 5.75 Å². The van der Waals surface area contributed by atoms with Crippen LogP contribution in [0, 0.1) is 0 Å². The summed E-state index contributed by atoms with van der Waals surface area (Å²) in [6.07, 6.45) is 2.64. The van der Waals surface area contributed by atoms with E-state index in [1.54, 1.807) is 12.1 Å². The molecule has 1 aliphatic rings. The molecule has 0 spiro atoms. The summed E-state index contributed by atoms with van der Waals surface area (Å²) >= 11 is 0. The Morgan fingerprint density at radius 1 is 1.19 bits per heavy atom. The summed E-state index contributed by atoms with van der Waals surface area (Å²) in [6, 6.07) is 9.24. The zero-order valence-electron chi connectivity index (χ0n) is 8.98. The van der Waals surface area contributed by atoms with E-state index in [0.717, 1.165) is 19.4 Å². The Hall–Kier alpha value is -1.84. The molecule has 1 aromatic carbocycles. The number of carbonyl (C=O) groups is 1. The van der Waals surface area contributed by atoms with E-state index >= 15 is 0 Å². The minimum Gasteiger partial charge on any atom is -0.357 e. The summed E-state index contributed by atoms with van der Waals surface area (Å²) in [5.74, 6) is 0.528. The van der Waals surface area contributed by atoms with E-state index in [9.17, 15) is 4.79 Å². The Balaban J connectivity index is 2.03. The number of hydrogen-bond donors (Lipinski definition) is 1. The predicted octanol–water partition coefficient (Wildman–Crippen LogP) is 1.72. The van der Waals surface area contributed by atoms with Crippen LogP contribution in [-0.2, 0) is 4.79 Å². The molecule has 0 aliphatic carbocycles. The summed E-state index contributed by atoms with van der Waals surface area (Å²) in [6.45, 7) is 0.725. The molecule has 1 fully saturated rings. The molecular formula is C12H14N2O2. The number of rotatable bonds is 2. The highest BCUT2D eigenvalue weighted by Gasteiger charge is 2.15. The van der Waals surface area contributed by atoms with Crippen LogP contribution in [0.2, 0.25) is 0 Å². The van der Waals surface area contributed by atoms with Gasteiger partial charge in [-0.25, -0.2) is 0 Å². The molecule has 4 heteroatoms. The third-order valence-electron chi connectivity index (χ3n) is 2.39. The second-order valence-electron chi connectivity index (χ2n) is 3.66. The molecule has 0 bridgehead atoms. The van der Waals surface area contributed by atoms with Crippen molar-refractivity contribution in [3.05, 3.63) is 30.3 Å².